The molecule has 1 aliphatic rings. The van der Waals surface area contributed by atoms with Gasteiger partial charge in [-0.25, -0.2) is 0 Å². The molecular weight excluding hydrogens is 230 g/mol. The van der Waals surface area contributed by atoms with Crippen molar-refractivity contribution >= 4 is 23.7 Å². The van der Waals surface area contributed by atoms with Gasteiger partial charge < -0.3 is 5.32 Å². The van der Waals surface area contributed by atoms with E-state index in [4.69, 9.17) is 0 Å². The Labute approximate surface area is 101 Å². The smallest absolute Gasteiger partial charge is 0.0794 e. The van der Waals surface area contributed by atoms with E-state index in [-0.39, 0.29) is 12.4 Å². The highest BCUT2D eigenvalue weighted by molar-refractivity contribution is 7.09. The van der Waals surface area contributed by atoms with E-state index in [1.54, 1.807) is 11.3 Å². The number of nitrogens with zero attached hydrogens (tertiary/aromatic N) is 2. The highest BCUT2D eigenvalue weighted by Crippen LogP contribution is 2.14. The summed E-state index contributed by atoms with van der Waals surface area (Å²) < 4.78 is 0. The third-order valence-corrected chi connectivity index (χ3v) is 3.50. The number of hydrogen-bond acceptors (Lipinski definition) is 4. The van der Waals surface area contributed by atoms with Gasteiger partial charge in [-0.1, -0.05) is 0 Å². The summed E-state index contributed by atoms with van der Waals surface area (Å²) in [5, 5.41) is 3.49. The summed E-state index contributed by atoms with van der Waals surface area (Å²) in [7, 11) is 0. The van der Waals surface area contributed by atoms with Gasteiger partial charge in [0, 0.05) is 42.8 Å². The van der Waals surface area contributed by atoms with Gasteiger partial charge >= 0.3 is 0 Å². The van der Waals surface area contributed by atoms with Gasteiger partial charge in [0.25, 0.3) is 0 Å². The predicted octanol–water partition coefficient (Wildman–Crippen LogP) is 1.75. The SMILES string of the molecule is CC1CN(Cc2cncs2)C(C)CN1.Cl. The molecule has 0 spiro atoms. The Morgan fingerprint density at radius 2 is 2.40 bits per heavy atom. The number of hydrogen-bond donors (Lipinski definition) is 1. The molecule has 5 heteroatoms. The molecule has 1 aliphatic heterocycles. The van der Waals surface area contributed by atoms with Crippen molar-refractivity contribution in [3.05, 3.63) is 16.6 Å². The third kappa shape index (κ3) is 3.41. The van der Waals surface area contributed by atoms with Crippen LogP contribution in [0.3, 0.4) is 0 Å². The summed E-state index contributed by atoms with van der Waals surface area (Å²) in [6.07, 6.45) is 1.98. The molecule has 0 aromatic carbocycles. The molecule has 0 saturated carbocycles. The Balaban J connectivity index is 0.00000112. The van der Waals surface area contributed by atoms with E-state index in [2.05, 4.69) is 29.0 Å². The molecule has 2 heterocycles. The van der Waals surface area contributed by atoms with Crippen LogP contribution in [0.25, 0.3) is 0 Å². The summed E-state index contributed by atoms with van der Waals surface area (Å²) >= 11 is 1.75. The molecule has 15 heavy (non-hydrogen) atoms. The minimum absolute atomic E-state index is 0. The maximum Gasteiger partial charge on any atom is 0.0794 e. The number of nitrogens with one attached hydrogen (secondary N) is 1. The monoisotopic (exact) mass is 247 g/mol. The molecule has 1 fully saturated rings. The van der Waals surface area contributed by atoms with Crippen LogP contribution in [0.1, 0.15) is 18.7 Å². The van der Waals surface area contributed by atoms with Gasteiger partial charge in [-0.2, -0.15) is 0 Å². The Bertz CT molecular complexity index is 278. The lowest BCUT2D eigenvalue weighted by Gasteiger charge is -2.37. The zero-order chi connectivity index (χ0) is 9.97. The molecule has 2 rings (SSSR count). The molecule has 3 nitrogen and oxygen atoms in total. The fraction of sp³-hybridized carbons (Fsp3) is 0.700. The van der Waals surface area contributed by atoms with E-state index in [9.17, 15) is 0 Å². The number of piperazine rings is 1. The van der Waals surface area contributed by atoms with Crippen molar-refractivity contribution in [3.8, 4) is 0 Å². The average molecular weight is 248 g/mol. The minimum Gasteiger partial charge on any atom is -0.311 e. The summed E-state index contributed by atoms with van der Waals surface area (Å²) in [5.41, 5.74) is 1.91. The van der Waals surface area contributed by atoms with Crippen LogP contribution >= 0.6 is 23.7 Å². The molecule has 0 bridgehead atoms. The van der Waals surface area contributed by atoms with Gasteiger partial charge in [0.1, 0.15) is 0 Å². The molecule has 1 saturated heterocycles. The second kappa shape index (κ2) is 5.80. The standard InChI is InChI=1S/C10H17N3S.ClH/c1-8-5-13(9(2)3-12-8)6-10-4-11-7-14-10;/h4,7-9,12H,3,5-6H2,1-2H3;1H. The largest absolute Gasteiger partial charge is 0.311 e. The number of rotatable bonds is 2. The Morgan fingerprint density at radius 3 is 3.07 bits per heavy atom. The van der Waals surface area contributed by atoms with Crippen molar-refractivity contribution in [1.29, 1.82) is 0 Å². The molecule has 0 amide bonds. The first-order chi connectivity index (χ1) is 6.75. The first-order valence-corrected chi connectivity index (χ1v) is 5.98. The molecule has 2 unspecified atom stereocenters. The van der Waals surface area contributed by atoms with Crippen LogP contribution in [0.2, 0.25) is 0 Å². The Hall–Kier alpha value is -0.160. The highest BCUT2D eigenvalue weighted by Gasteiger charge is 2.22. The van der Waals surface area contributed by atoms with E-state index in [1.165, 1.54) is 4.88 Å². The summed E-state index contributed by atoms with van der Waals surface area (Å²) in [4.78, 5) is 8.00. The quantitative estimate of drug-likeness (QED) is 0.863. The molecule has 86 valence electrons. The lowest BCUT2D eigenvalue weighted by Crippen LogP contribution is -2.53. The number of thiazole rings is 1. The third-order valence-electron chi connectivity index (χ3n) is 2.74. The topological polar surface area (TPSA) is 28.2 Å². The van der Waals surface area contributed by atoms with Crippen LogP contribution in [0.4, 0.5) is 0 Å². The number of aromatic nitrogens is 1. The van der Waals surface area contributed by atoms with Gasteiger partial charge in [-0.05, 0) is 13.8 Å². The van der Waals surface area contributed by atoms with Crippen LogP contribution < -0.4 is 5.32 Å². The number of halogens is 1. The first-order valence-electron chi connectivity index (χ1n) is 5.10. The molecule has 0 aliphatic carbocycles. The van der Waals surface area contributed by atoms with Crippen LogP contribution in [0.15, 0.2) is 11.7 Å². The maximum absolute atomic E-state index is 4.11. The summed E-state index contributed by atoms with van der Waals surface area (Å²) in [5.74, 6) is 0. The van der Waals surface area contributed by atoms with Gasteiger partial charge in [0.05, 0.1) is 5.51 Å². The van der Waals surface area contributed by atoms with E-state index in [0.29, 0.717) is 12.1 Å². The fourth-order valence-corrected chi connectivity index (χ4v) is 2.46. The van der Waals surface area contributed by atoms with E-state index in [1.807, 2.05) is 11.7 Å². The molecular formula is C10H18ClN3S. The van der Waals surface area contributed by atoms with Crippen molar-refractivity contribution < 1.29 is 0 Å². The summed E-state index contributed by atoms with van der Waals surface area (Å²) in [6.45, 7) is 7.81. The van der Waals surface area contributed by atoms with E-state index >= 15 is 0 Å². The molecule has 1 aromatic heterocycles. The van der Waals surface area contributed by atoms with Crippen LogP contribution in [-0.4, -0.2) is 35.1 Å². The predicted molar refractivity (Wildman–Crippen MR) is 66.7 cm³/mol. The molecule has 1 aromatic rings. The highest BCUT2D eigenvalue weighted by atomic mass is 35.5. The van der Waals surface area contributed by atoms with Crippen molar-refractivity contribution in [3.63, 3.8) is 0 Å². The fourth-order valence-electron chi connectivity index (χ4n) is 1.84. The molecule has 2 atom stereocenters. The molecule has 0 radical (unpaired) electrons. The second-order valence-electron chi connectivity index (χ2n) is 4.06. The van der Waals surface area contributed by atoms with E-state index in [0.717, 1.165) is 19.6 Å². The van der Waals surface area contributed by atoms with Crippen LogP contribution in [-0.2, 0) is 6.54 Å². The van der Waals surface area contributed by atoms with Gasteiger partial charge in [-0.15, -0.1) is 23.7 Å². The zero-order valence-corrected chi connectivity index (χ0v) is 10.8. The Kier molecular flexibility index (Phi) is 4.99. The van der Waals surface area contributed by atoms with Crippen molar-refractivity contribution in [1.82, 2.24) is 15.2 Å². The van der Waals surface area contributed by atoms with Crippen molar-refractivity contribution in [2.24, 2.45) is 0 Å². The minimum atomic E-state index is 0. The van der Waals surface area contributed by atoms with Gasteiger partial charge in [-0.3, -0.25) is 9.88 Å². The van der Waals surface area contributed by atoms with Crippen LogP contribution in [0.5, 0.6) is 0 Å². The van der Waals surface area contributed by atoms with Crippen LogP contribution in [0, 0.1) is 0 Å². The maximum atomic E-state index is 4.11. The summed E-state index contributed by atoms with van der Waals surface area (Å²) in [6, 6.07) is 1.24. The lowest BCUT2D eigenvalue weighted by atomic mass is 10.1. The van der Waals surface area contributed by atoms with Crippen molar-refractivity contribution in [2.75, 3.05) is 13.1 Å². The van der Waals surface area contributed by atoms with Crippen molar-refractivity contribution in [2.45, 2.75) is 32.5 Å². The normalized spacial score (nSPS) is 27.3. The first kappa shape index (κ1) is 12.9. The average Bonchev–Trinajstić information content (AvgIpc) is 2.64. The zero-order valence-electron chi connectivity index (χ0n) is 9.14. The van der Waals surface area contributed by atoms with E-state index < -0.39 is 0 Å². The van der Waals surface area contributed by atoms with Gasteiger partial charge in [0.15, 0.2) is 0 Å². The molecule has 1 N–H and O–H groups in total. The van der Waals surface area contributed by atoms with Gasteiger partial charge in [0.2, 0.25) is 0 Å². The Morgan fingerprint density at radius 1 is 1.60 bits per heavy atom. The second-order valence-corrected chi connectivity index (χ2v) is 5.03. The lowest BCUT2D eigenvalue weighted by molar-refractivity contribution is 0.140.